The largest absolute Gasteiger partial charge is 0.367 e. The lowest BCUT2D eigenvalue weighted by atomic mass is 10.1. The minimum absolute atomic E-state index is 0.0422. The number of aliphatic imine (C=N–C) groups is 1. The van der Waals surface area contributed by atoms with Crippen LogP contribution in [0.2, 0.25) is 0 Å². The molecule has 8 heteroatoms. The van der Waals surface area contributed by atoms with Crippen molar-refractivity contribution >= 4 is 5.96 Å². The van der Waals surface area contributed by atoms with Crippen molar-refractivity contribution in [3.63, 3.8) is 0 Å². The second kappa shape index (κ2) is 10.0. The summed E-state index contributed by atoms with van der Waals surface area (Å²) >= 11 is 0. The Morgan fingerprint density at radius 1 is 1.33 bits per heavy atom. The molecule has 2 aromatic rings. The van der Waals surface area contributed by atoms with Crippen molar-refractivity contribution in [1.29, 1.82) is 0 Å². The van der Waals surface area contributed by atoms with E-state index in [1.54, 1.807) is 12.1 Å². The highest BCUT2D eigenvalue weighted by Gasteiger charge is 2.28. The summed E-state index contributed by atoms with van der Waals surface area (Å²) in [7, 11) is 6.04. The molecule has 0 aliphatic carbocycles. The summed E-state index contributed by atoms with van der Waals surface area (Å²) in [6.45, 7) is 6.95. The highest BCUT2D eigenvalue weighted by molar-refractivity contribution is 5.80. The first-order valence-corrected chi connectivity index (χ1v) is 10.5. The lowest BCUT2D eigenvalue weighted by Gasteiger charge is -2.39. The normalized spacial score (nSPS) is 21.2. The third kappa shape index (κ3) is 5.58. The number of guanidine groups is 1. The van der Waals surface area contributed by atoms with Crippen molar-refractivity contribution in [3.8, 4) is 0 Å². The molecule has 1 fully saturated rings. The van der Waals surface area contributed by atoms with Gasteiger partial charge in [0, 0.05) is 31.9 Å². The standard InChI is InChI=1S/C22H33FN6O/c1-6-24-22(25-12-20(27(3)4)18-11-26-28(5)14-18)29-13-16(2)30-21(15-29)17-7-9-19(23)10-8-17/h7-11,14,16,20-21H,6,12-13,15H2,1-5H3,(H,24,25). The van der Waals surface area contributed by atoms with E-state index in [0.29, 0.717) is 13.1 Å². The van der Waals surface area contributed by atoms with Gasteiger partial charge < -0.3 is 19.9 Å². The summed E-state index contributed by atoms with van der Waals surface area (Å²) in [6.07, 6.45) is 3.85. The molecular weight excluding hydrogens is 383 g/mol. The molecule has 1 aromatic carbocycles. The maximum atomic E-state index is 13.3. The summed E-state index contributed by atoms with van der Waals surface area (Å²) in [4.78, 5) is 9.36. The van der Waals surface area contributed by atoms with Gasteiger partial charge in [-0.15, -0.1) is 0 Å². The number of hydrogen-bond acceptors (Lipinski definition) is 4. The Kier molecular flexibility index (Phi) is 7.44. The van der Waals surface area contributed by atoms with Crippen LogP contribution in [-0.2, 0) is 11.8 Å². The van der Waals surface area contributed by atoms with Crippen molar-refractivity contribution < 1.29 is 9.13 Å². The van der Waals surface area contributed by atoms with Crippen LogP contribution >= 0.6 is 0 Å². The third-order valence-electron chi connectivity index (χ3n) is 5.28. The van der Waals surface area contributed by atoms with Crippen molar-refractivity contribution in [1.82, 2.24) is 24.9 Å². The molecule has 30 heavy (non-hydrogen) atoms. The molecule has 0 radical (unpaired) electrons. The average Bonchev–Trinajstić information content (AvgIpc) is 3.13. The number of hydrogen-bond donors (Lipinski definition) is 1. The highest BCUT2D eigenvalue weighted by atomic mass is 19.1. The van der Waals surface area contributed by atoms with Gasteiger partial charge in [0.15, 0.2) is 5.96 Å². The number of rotatable bonds is 6. The van der Waals surface area contributed by atoms with Crippen LogP contribution in [0.1, 0.15) is 37.1 Å². The maximum Gasteiger partial charge on any atom is 0.194 e. The quantitative estimate of drug-likeness (QED) is 0.580. The number of likely N-dealkylation sites (N-methyl/N-ethyl adjacent to an activating group) is 1. The molecule has 3 unspecified atom stereocenters. The maximum absolute atomic E-state index is 13.3. The molecule has 3 rings (SSSR count). The Morgan fingerprint density at radius 2 is 2.07 bits per heavy atom. The average molecular weight is 417 g/mol. The van der Waals surface area contributed by atoms with Crippen LogP contribution < -0.4 is 5.32 Å². The molecule has 7 nitrogen and oxygen atoms in total. The smallest absolute Gasteiger partial charge is 0.194 e. The van der Waals surface area contributed by atoms with Gasteiger partial charge in [0.25, 0.3) is 0 Å². The number of morpholine rings is 1. The number of aromatic nitrogens is 2. The summed E-state index contributed by atoms with van der Waals surface area (Å²) < 4.78 is 21.3. The summed E-state index contributed by atoms with van der Waals surface area (Å²) in [6, 6.07) is 6.70. The van der Waals surface area contributed by atoms with Crippen LogP contribution in [0, 0.1) is 5.82 Å². The fraction of sp³-hybridized carbons (Fsp3) is 0.545. The number of halogens is 1. The van der Waals surface area contributed by atoms with E-state index >= 15 is 0 Å². The van der Waals surface area contributed by atoms with Crippen molar-refractivity contribution in [3.05, 3.63) is 53.6 Å². The number of ether oxygens (including phenoxy) is 1. The Bertz CT molecular complexity index is 834. The molecule has 1 aliphatic rings. The first-order chi connectivity index (χ1) is 14.4. The third-order valence-corrected chi connectivity index (χ3v) is 5.28. The predicted molar refractivity (Wildman–Crippen MR) is 117 cm³/mol. The zero-order chi connectivity index (χ0) is 21.7. The van der Waals surface area contributed by atoms with Gasteiger partial charge in [-0.25, -0.2) is 4.39 Å². The van der Waals surface area contributed by atoms with Crippen LogP contribution in [0.5, 0.6) is 0 Å². The van der Waals surface area contributed by atoms with E-state index in [-0.39, 0.29) is 24.1 Å². The molecule has 1 N–H and O–H groups in total. The van der Waals surface area contributed by atoms with Gasteiger partial charge >= 0.3 is 0 Å². The van der Waals surface area contributed by atoms with Gasteiger partial charge in [0.05, 0.1) is 31.4 Å². The van der Waals surface area contributed by atoms with E-state index in [2.05, 4.69) is 48.2 Å². The fourth-order valence-corrected chi connectivity index (χ4v) is 3.76. The van der Waals surface area contributed by atoms with E-state index in [4.69, 9.17) is 9.73 Å². The zero-order valence-electron chi connectivity index (χ0n) is 18.5. The van der Waals surface area contributed by atoms with Crippen molar-refractivity contribution in [2.24, 2.45) is 12.0 Å². The predicted octanol–water partition coefficient (Wildman–Crippen LogP) is 2.59. The molecule has 3 atom stereocenters. The summed E-state index contributed by atoms with van der Waals surface area (Å²) in [5, 5.41) is 7.73. The first-order valence-electron chi connectivity index (χ1n) is 10.5. The Labute approximate surface area is 178 Å². The van der Waals surface area contributed by atoms with Crippen molar-refractivity contribution in [2.75, 3.05) is 40.3 Å². The van der Waals surface area contributed by atoms with Gasteiger partial charge in [-0.2, -0.15) is 5.10 Å². The molecule has 0 saturated carbocycles. The first kappa shape index (κ1) is 22.2. The molecule has 0 spiro atoms. The monoisotopic (exact) mass is 416 g/mol. The molecule has 2 heterocycles. The molecule has 164 valence electrons. The molecule has 1 aliphatic heterocycles. The van der Waals surface area contributed by atoms with Crippen molar-refractivity contribution in [2.45, 2.75) is 32.1 Å². The lowest BCUT2D eigenvalue weighted by Crippen LogP contribution is -2.51. The van der Waals surface area contributed by atoms with Crippen LogP contribution in [-0.4, -0.2) is 71.9 Å². The zero-order valence-corrected chi connectivity index (χ0v) is 18.5. The molecule has 1 aromatic heterocycles. The van der Waals surface area contributed by atoms with E-state index in [9.17, 15) is 4.39 Å². The van der Waals surface area contributed by atoms with Crippen LogP contribution in [0.4, 0.5) is 4.39 Å². The van der Waals surface area contributed by atoms with Crippen LogP contribution in [0.15, 0.2) is 41.7 Å². The Balaban J connectivity index is 1.78. The number of benzene rings is 1. The van der Waals surface area contributed by atoms with Crippen LogP contribution in [0.3, 0.4) is 0 Å². The van der Waals surface area contributed by atoms with E-state index in [1.807, 2.05) is 24.1 Å². The highest BCUT2D eigenvalue weighted by Crippen LogP contribution is 2.26. The van der Waals surface area contributed by atoms with E-state index < -0.39 is 0 Å². The Morgan fingerprint density at radius 3 is 2.67 bits per heavy atom. The molecule has 0 bridgehead atoms. The summed E-state index contributed by atoms with van der Waals surface area (Å²) in [5.41, 5.74) is 2.12. The van der Waals surface area contributed by atoms with E-state index in [0.717, 1.165) is 30.2 Å². The summed E-state index contributed by atoms with van der Waals surface area (Å²) in [5.74, 6) is 0.634. The topological polar surface area (TPSA) is 57.9 Å². The SMILES string of the molecule is CCNC(=NCC(c1cnn(C)c1)N(C)C)N1CC(C)OC(c2ccc(F)cc2)C1. The second-order valence-corrected chi connectivity index (χ2v) is 8.01. The van der Waals surface area contributed by atoms with E-state index in [1.165, 1.54) is 12.1 Å². The van der Waals surface area contributed by atoms with Gasteiger partial charge in [-0.05, 0) is 45.6 Å². The fourth-order valence-electron chi connectivity index (χ4n) is 3.76. The minimum atomic E-state index is -0.237. The number of aryl methyl sites for hydroxylation is 1. The molecular formula is C22H33FN6O. The number of nitrogens with one attached hydrogen (secondary N) is 1. The second-order valence-electron chi connectivity index (χ2n) is 8.01. The molecule has 1 saturated heterocycles. The van der Waals surface area contributed by atoms with Gasteiger partial charge in [-0.3, -0.25) is 9.67 Å². The van der Waals surface area contributed by atoms with Crippen LogP contribution in [0.25, 0.3) is 0 Å². The van der Waals surface area contributed by atoms with Gasteiger partial charge in [0.2, 0.25) is 0 Å². The van der Waals surface area contributed by atoms with Gasteiger partial charge in [0.1, 0.15) is 11.9 Å². The lowest BCUT2D eigenvalue weighted by molar-refractivity contribution is -0.0605. The Hall–Kier alpha value is -2.45. The molecule has 0 amide bonds. The number of nitrogens with zero attached hydrogens (tertiary/aromatic N) is 5. The van der Waals surface area contributed by atoms with Gasteiger partial charge in [-0.1, -0.05) is 12.1 Å². The minimum Gasteiger partial charge on any atom is -0.367 e.